The first-order valence-corrected chi connectivity index (χ1v) is 7.13. The molecule has 0 aliphatic carbocycles. The molecule has 0 aromatic carbocycles. The number of hydrogen-bond acceptors (Lipinski definition) is 3. The zero-order valence-electron chi connectivity index (χ0n) is 10.9. The number of carbonyl (C=O) groups excluding carboxylic acids is 1. The minimum Gasteiger partial charge on any atom is -0.466 e. The van der Waals surface area contributed by atoms with E-state index in [-0.39, 0.29) is 5.97 Å². The zero-order chi connectivity index (χ0) is 12.2. The highest BCUT2D eigenvalue weighted by Gasteiger charge is 2.02. The molecule has 0 radical (unpaired) electrons. The molecule has 3 heteroatoms. The van der Waals surface area contributed by atoms with Gasteiger partial charge in [-0.15, -0.1) is 0 Å². The fraction of sp³-hybridized carbons (Fsp3) is 0.929. The summed E-state index contributed by atoms with van der Waals surface area (Å²) in [5, 5.41) is 0. The molecular formula is C14H26O3. The molecule has 1 aliphatic rings. The maximum absolute atomic E-state index is 11.3. The average Bonchev–Trinajstić information content (AvgIpc) is 2.32. The molecule has 1 rings (SSSR count). The fourth-order valence-corrected chi connectivity index (χ4v) is 2.02. The van der Waals surface area contributed by atoms with Crippen LogP contribution in [0.15, 0.2) is 0 Å². The monoisotopic (exact) mass is 242 g/mol. The summed E-state index contributed by atoms with van der Waals surface area (Å²) < 4.78 is 10.7. The first-order chi connectivity index (χ1) is 8.39. The van der Waals surface area contributed by atoms with Gasteiger partial charge in [0.2, 0.25) is 0 Å². The standard InChI is InChI=1S/C14H26O3/c15-14-10-6-4-2-1-3-5-7-11-16-12-8-9-13-17-14/h1-13H2. The van der Waals surface area contributed by atoms with E-state index < -0.39 is 0 Å². The van der Waals surface area contributed by atoms with Crippen LogP contribution < -0.4 is 0 Å². The van der Waals surface area contributed by atoms with Gasteiger partial charge in [-0.1, -0.05) is 32.1 Å². The first-order valence-electron chi connectivity index (χ1n) is 7.13. The smallest absolute Gasteiger partial charge is 0.305 e. The summed E-state index contributed by atoms with van der Waals surface area (Å²) >= 11 is 0. The van der Waals surface area contributed by atoms with Gasteiger partial charge in [0.15, 0.2) is 0 Å². The second kappa shape index (κ2) is 10.6. The van der Waals surface area contributed by atoms with Gasteiger partial charge >= 0.3 is 5.97 Å². The minimum atomic E-state index is -0.0296. The Labute approximate surface area is 105 Å². The molecule has 0 bridgehead atoms. The molecule has 0 amide bonds. The third-order valence-corrected chi connectivity index (χ3v) is 3.12. The number of cyclic esters (lactones) is 1. The van der Waals surface area contributed by atoms with Gasteiger partial charge in [-0.05, 0) is 25.7 Å². The fourth-order valence-electron chi connectivity index (χ4n) is 2.02. The van der Waals surface area contributed by atoms with E-state index in [9.17, 15) is 4.79 Å². The van der Waals surface area contributed by atoms with Crippen molar-refractivity contribution in [3.63, 3.8) is 0 Å². The lowest BCUT2D eigenvalue weighted by Crippen LogP contribution is -2.07. The molecule has 0 spiro atoms. The molecule has 100 valence electrons. The number of carbonyl (C=O) groups is 1. The summed E-state index contributed by atoms with van der Waals surface area (Å²) in [6.07, 6.45) is 11.0. The molecule has 0 aromatic heterocycles. The molecule has 1 fully saturated rings. The molecule has 0 atom stereocenters. The average molecular weight is 242 g/mol. The van der Waals surface area contributed by atoms with Crippen LogP contribution in [0.2, 0.25) is 0 Å². The highest BCUT2D eigenvalue weighted by molar-refractivity contribution is 5.69. The zero-order valence-corrected chi connectivity index (χ0v) is 10.9. The number of rotatable bonds is 0. The largest absolute Gasteiger partial charge is 0.466 e. The third kappa shape index (κ3) is 9.16. The van der Waals surface area contributed by atoms with Crippen molar-refractivity contribution in [2.24, 2.45) is 0 Å². The van der Waals surface area contributed by atoms with E-state index in [0.717, 1.165) is 38.9 Å². The molecule has 1 saturated heterocycles. The molecule has 17 heavy (non-hydrogen) atoms. The van der Waals surface area contributed by atoms with Crippen molar-refractivity contribution in [3.8, 4) is 0 Å². The summed E-state index contributed by atoms with van der Waals surface area (Å²) in [6, 6.07) is 0. The number of esters is 1. The quantitative estimate of drug-likeness (QED) is 0.610. The molecule has 1 heterocycles. The van der Waals surface area contributed by atoms with Crippen molar-refractivity contribution in [2.45, 2.75) is 64.2 Å². The minimum absolute atomic E-state index is 0.0296. The van der Waals surface area contributed by atoms with E-state index in [1.807, 2.05) is 0 Å². The second-order valence-electron chi connectivity index (χ2n) is 4.76. The Hall–Kier alpha value is -0.570. The van der Waals surface area contributed by atoms with Crippen LogP contribution in [-0.2, 0) is 14.3 Å². The Morgan fingerprint density at radius 1 is 0.647 bits per heavy atom. The summed E-state index contributed by atoms with van der Waals surface area (Å²) in [4.78, 5) is 11.3. The second-order valence-corrected chi connectivity index (χ2v) is 4.76. The van der Waals surface area contributed by atoms with Crippen LogP contribution in [-0.4, -0.2) is 25.8 Å². The summed E-state index contributed by atoms with van der Waals surface area (Å²) in [6.45, 7) is 2.25. The maximum atomic E-state index is 11.3. The lowest BCUT2D eigenvalue weighted by Gasteiger charge is -2.07. The van der Waals surface area contributed by atoms with Crippen LogP contribution >= 0.6 is 0 Å². The lowest BCUT2D eigenvalue weighted by molar-refractivity contribution is -0.144. The van der Waals surface area contributed by atoms with E-state index in [4.69, 9.17) is 9.47 Å². The highest BCUT2D eigenvalue weighted by atomic mass is 16.5. The summed E-state index contributed by atoms with van der Waals surface area (Å²) in [5.41, 5.74) is 0. The number of ether oxygens (including phenoxy) is 2. The molecule has 3 nitrogen and oxygen atoms in total. The molecule has 1 aliphatic heterocycles. The van der Waals surface area contributed by atoms with Crippen LogP contribution in [0.5, 0.6) is 0 Å². The van der Waals surface area contributed by atoms with Crippen molar-refractivity contribution < 1.29 is 14.3 Å². The van der Waals surface area contributed by atoms with Crippen molar-refractivity contribution in [2.75, 3.05) is 19.8 Å². The normalized spacial score (nSPS) is 22.9. The third-order valence-electron chi connectivity index (χ3n) is 3.12. The van der Waals surface area contributed by atoms with Gasteiger partial charge in [0.05, 0.1) is 6.61 Å². The molecule has 0 aromatic rings. The molecule has 0 unspecified atom stereocenters. The topological polar surface area (TPSA) is 35.5 Å². The van der Waals surface area contributed by atoms with E-state index in [1.54, 1.807) is 0 Å². The van der Waals surface area contributed by atoms with Crippen molar-refractivity contribution >= 4 is 5.97 Å². The molecular weight excluding hydrogens is 216 g/mol. The van der Waals surface area contributed by atoms with Gasteiger partial charge in [-0.25, -0.2) is 0 Å². The SMILES string of the molecule is O=C1CCCCCCCCCOCCCCO1. The van der Waals surface area contributed by atoms with Crippen molar-refractivity contribution in [3.05, 3.63) is 0 Å². The van der Waals surface area contributed by atoms with Crippen LogP contribution in [0.3, 0.4) is 0 Å². The van der Waals surface area contributed by atoms with Crippen LogP contribution in [0.25, 0.3) is 0 Å². The Morgan fingerprint density at radius 2 is 1.18 bits per heavy atom. The lowest BCUT2D eigenvalue weighted by atomic mass is 10.1. The van der Waals surface area contributed by atoms with Gasteiger partial charge in [0, 0.05) is 19.6 Å². The van der Waals surface area contributed by atoms with Gasteiger partial charge in [0.1, 0.15) is 0 Å². The van der Waals surface area contributed by atoms with Crippen LogP contribution in [0.1, 0.15) is 64.2 Å². The van der Waals surface area contributed by atoms with Gasteiger partial charge in [-0.3, -0.25) is 4.79 Å². The van der Waals surface area contributed by atoms with Crippen LogP contribution in [0, 0.1) is 0 Å². The highest BCUT2D eigenvalue weighted by Crippen LogP contribution is 2.09. The Morgan fingerprint density at radius 3 is 1.94 bits per heavy atom. The first kappa shape index (κ1) is 14.5. The van der Waals surface area contributed by atoms with Crippen molar-refractivity contribution in [1.29, 1.82) is 0 Å². The van der Waals surface area contributed by atoms with Gasteiger partial charge in [0.25, 0.3) is 0 Å². The summed E-state index contributed by atoms with van der Waals surface area (Å²) in [7, 11) is 0. The Balaban J connectivity index is 2.11. The Kier molecular flexibility index (Phi) is 9.01. The Bertz CT molecular complexity index is 174. The predicted octanol–water partition coefficient (Wildman–Crippen LogP) is 3.46. The van der Waals surface area contributed by atoms with E-state index in [1.165, 1.54) is 32.1 Å². The van der Waals surface area contributed by atoms with E-state index in [0.29, 0.717) is 13.0 Å². The van der Waals surface area contributed by atoms with Gasteiger partial charge < -0.3 is 9.47 Å². The maximum Gasteiger partial charge on any atom is 0.305 e. The molecule has 0 saturated carbocycles. The van der Waals surface area contributed by atoms with Crippen LogP contribution in [0.4, 0.5) is 0 Å². The number of hydrogen-bond donors (Lipinski definition) is 0. The predicted molar refractivity (Wildman–Crippen MR) is 67.9 cm³/mol. The van der Waals surface area contributed by atoms with E-state index in [2.05, 4.69) is 0 Å². The summed E-state index contributed by atoms with van der Waals surface area (Å²) in [5.74, 6) is -0.0296. The van der Waals surface area contributed by atoms with E-state index >= 15 is 0 Å². The van der Waals surface area contributed by atoms with Crippen molar-refractivity contribution in [1.82, 2.24) is 0 Å². The van der Waals surface area contributed by atoms with Gasteiger partial charge in [-0.2, -0.15) is 0 Å². The molecule has 0 N–H and O–H groups in total.